The molecule has 5 nitrogen and oxygen atoms in total. The van der Waals surface area contributed by atoms with E-state index in [1.54, 1.807) is 18.9 Å². The molecule has 1 unspecified atom stereocenters. The van der Waals surface area contributed by atoms with Crippen LogP contribution in [0.1, 0.15) is 44.3 Å². The highest BCUT2D eigenvalue weighted by Gasteiger charge is 2.21. The number of aromatic nitrogens is 3. The van der Waals surface area contributed by atoms with Gasteiger partial charge in [0.1, 0.15) is 11.5 Å². The van der Waals surface area contributed by atoms with Crippen LogP contribution in [0.5, 0.6) is 11.5 Å². The molecule has 0 radical (unpaired) electrons. The smallest absolute Gasteiger partial charge is 0.191 e. The Labute approximate surface area is 175 Å². The monoisotopic (exact) mass is 417 g/mol. The zero-order chi connectivity index (χ0) is 20.1. The summed E-state index contributed by atoms with van der Waals surface area (Å²) >= 11 is 7.90. The van der Waals surface area contributed by atoms with E-state index in [2.05, 4.69) is 28.6 Å². The largest absolute Gasteiger partial charge is 0.497 e. The van der Waals surface area contributed by atoms with Gasteiger partial charge in [-0.15, -0.1) is 10.2 Å². The highest BCUT2D eigenvalue weighted by Crippen LogP contribution is 2.31. The Bertz CT molecular complexity index is 930. The van der Waals surface area contributed by atoms with Crippen LogP contribution >= 0.6 is 23.4 Å². The molecule has 0 bridgehead atoms. The van der Waals surface area contributed by atoms with Crippen LogP contribution in [0.25, 0.3) is 0 Å². The zero-order valence-electron chi connectivity index (χ0n) is 16.4. The minimum absolute atomic E-state index is 0.204. The molecule has 28 heavy (non-hydrogen) atoms. The Morgan fingerprint density at radius 3 is 2.50 bits per heavy atom. The topological polar surface area (TPSA) is 49.2 Å². The van der Waals surface area contributed by atoms with E-state index in [9.17, 15) is 0 Å². The van der Waals surface area contributed by atoms with Gasteiger partial charge < -0.3 is 14.0 Å². The average molecular weight is 418 g/mol. The van der Waals surface area contributed by atoms with Crippen molar-refractivity contribution in [1.29, 1.82) is 0 Å². The number of hydrogen-bond donors (Lipinski definition) is 0. The van der Waals surface area contributed by atoms with Crippen molar-refractivity contribution in [3.8, 4) is 11.5 Å². The third kappa shape index (κ3) is 4.80. The van der Waals surface area contributed by atoms with Crippen molar-refractivity contribution in [2.24, 2.45) is 0 Å². The van der Waals surface area contributed by atoms with E-state index in [0.29, 0.717) is 0 Å². The first-order valence-corrected chi connectivity index (χ1v) is 10.5. The van der Waals surface area contributed by atoms with Gasteiger partial charge in [-0.05, 0) is 44.5 Å². The molecule has 0 fully saturated rings. The lowest BCUT2D eigenvalue weighted by Gasteiger charge is -2.19. The second-order valence-electron chi connectivity index (χ2n) is 6.62. The molecule has 0 aliphatic rings. The minimum atomic E-state index is -0.253. The molecule has 1 aromatic heterocycles. The zero-order valence-corrected chi connectivity index (χ0v) is 18.0. The molecular formula is C21H24ClN3O2S. The van der Waals surface area contributed by atoms with Gasteiger partial charge in [0.2, 0.25) is 0 Å². The van der Waals surface area contributed by atoms with E-state index in [-0.39, 0.29) is 12.1 Å². The number of halogens is 1. The number of benzene rings is 2. The van der Waals surface area contributed by atoms with Crippen LogP contribution in [0, 0.1) is 0 Å². The molecule has 1 heterocycles. The van der Waals surface area contributed by atoms with Crippen LogP contribution in [0.2, 0.25) is 5.02 Å². The summed E-state index contributed by atoms with van der Waals surface area (Å²) in [5.41, 5.74) is 1.08. The maximum atomic E-state index is 6.28. The summed E-state index contributed by atoms with van der Waals surface area (Å²) in [5, 5.41) is 10.4. The summed E-state index contributed by atoms with van der Waals surface area (Å²) < 4.78 is 13.5. The summed E-state index contributed by atoms with van der Waals surface area (Å²) in [6, 6.07) is 15.6. The van der Waals surface area contributed by atoms with Crippen molar-refractivity contribution in [3.63, 3.8) is 0 Å². The Morgan fingerprint density at radius 2 is 1.79 bits per heavy atom. The number of methoxy groups -OCH3 is 1. The van der Waals surface area contributed by atoms with Crippen LogP contribution in [-0.2, 0) is 5.75 Å². The van der Waals surface area contributed by atoms with E-state index in [1.165, 1.54) is 0 Å². The summed E-state index contributed by atoms with van der Waals surface area (Å²) in [5.74, 6) is 3.01. The van der Waals surface area contributed by atoms with E-state index in [0.717, 1.165) is 38.8 Å². The van der Waals surface area contributed by atoms with Gasteiger partial charge in [-0.3, -0.25) is 0 Å². The first-order valence-electron chi connectivity index (χ1n) is 9.11. The third-order valence-electron chi connectivity index (χ3n) is 4.24. The Kier molecular flexibility index (Phi) is 6.86. The molecule has 7 heteroatoms. The minimum Gasteiger partial charge on any atom is -0.497 e. The second kappa shape index (κ2) is 9.34. The van der Waals surface area contributed by atoms with E-state index >= 15 is 0 Å². The Hall–Kier alpha value is -2.18. The molecule has 0 aliphatic carbocycles. The van der Waals surface area contributed by atoms with E-state index in [1.807, 2.05) is 55.5 Å². The number of nitrogens with zero attached hydrogens (tertiary/aromatic N) is 3. The lowest BCUT2D eigenvalue weighted by Crippen LogP contribution is -2.14. The van der Waals surface area contributed by atoms with Gasteiger partial charge in [0.15, 0.2) is 17.1 Å². The lowest BCUT2D eigenvalue weighted by molar-refractivity contribution is 0.206. The summed E-state index contributed by atoms with van der Waals surface area (Å²) in [6.45, 7) is 6.21. The van der Waals surface area contributed by atoms with Gasteiger partial charge >= 0.3 is 0 Å². The van der Waals surface area contributed by atoms with Crippen LogP contribution in [0.15, 0.2) is 53.7 Å². The van der Waals surface area contributed by atoms with Crippen molar-refractivity contribution in [1.82, 2.24) is 14.8 Å². The van der Waals surface area contributed by atoms with Crippen LogP contribution in [0.4, 0.5) is 0 Å². The molecule has 1 atom stereocenters. The average Bonchev–Trinajstić information content (AvgIpc) is 3.12. The summed E-state index contributed by atoms with van der Waals surface area (Å²) in [6.07, 6.45) is -0.253. The summed E-state index contributed by atoms with van der Waals surface area (Å²) in [7, 11) is 1.64. The van der Waals surface area contributed by atoms with Gasteiger partial charge in [0.25, 0.3) is 0 Å². The van der Waals surface area contributed by atoms with Gasteiger partial charge in [-0.25, -0.2) is 0 Å². The molecule has 0 aliphatic heterocycles. The van der Waals surface area contributed by atoms with Gasteiger partial charge in [0.05, 0.1) is 7.11 Å². The van der Waals surface area contributed by atoms with Gasteiger partial charge in [0, 0.05) is 22.9 Å². The molecule has 2 aromatic carbocycles. The molecule has 0 saturated carbocycles. The van der Waals surface area contributed by atoms with Crippen molar-refractivity contribution >= 4 is 23.4 Å². The highest BCUT2D eigenvalue weighted by molar-refractivity contribution is 7.98. The third-order valence-corrected chi connectivity index (χ3v) is 5.60. The quantitative estimate of drug-likeness (QED) is 0.423. The molecule has 3 aromatic rings. The Balaban J connectivity index is 1.78. The number of thioether (sulfide) groups is 1. The van der Waals surface area contributed by atoms with Crippen LogP contribution < -0.4 is 9.47 Å². The van der Waals surface area contributed by atoms with Crippen molar-refractivity contribution in [2.45, 2.75) is 43.8 Å². The molecule has 0 saturated heterocycles. The van der Waals surface area contributed by atoms with Gasteiger partial charge in [-0.1, -0.05) is 47.6 Å². The standard InChI is InChI=1S/C21H24ClN3O2S/c1-14(2)25-20(15(3)27-18-10-7-9-17(12-18)26-4)23-24-21(25)28-13-16-8-5-6-11-19(16)22/h5-12,14-15H,13H2,1-4H3. The van der Waals surface area contributed by atoms with E-state index in [4.69, 9.17) is 21.1 Å². The number of rotatable bonds is 8. The fourth-order valence-corrected chi connectivity index (χ4v) is 4.20. The Morgan fingerprint density at radius 1 is 1.04 bits per heavy atom. The maximum absolute atomic E-state index is 6.28. The fourth-order valence-electron chi connectivity index (χ4n) is 2.84. The SMILES string of the molecule is COc1cccc(OC(C)c2nnc(SCc3ccccc3Cl)n2C(C)C)c1. The van der Waals surface area contributed by atoms with Crippen molar-refractivity contribution < 1.29 is 9.47 Å². The molecule has 0 amide bonds. The maximum Gasteiger partial charge on any atom is 0.191 e. The molecule has 3 rings (SSSR count). The summed E-state index contributed by atoms with van der Waals surface area (Å²) in [4.78, 5) is 0. The van der Waals surface area contributed by atoms with Crippen molar-refractivity contribution in [3.05, 3.63) is 64.9 Å². The molecule has 0 spiro atoms. The fraction of sp³-hybridized carbons (Fsp3) is 0.333. The van der Waals surface area contributed by atoms with E-state index < -0.39 is 0 Å². The molecule has 148 valence electrons. The first kappa shape index (κ1) is 20.6. The highest BCUT2D eigenvalue weighted by atomic mass is 35.5. The normalized spacial score (nSPS) is 12.2. The van der Waals surface area contributed by atoms with Gasteiger partial charge in [-0.2, -0.15) is 0 Å². The number of ether oxygens (including phenoxy) is 2. The first-order chi connectivity index (χ1) is 13.5. The predicted molar refractivity (Wildman–Crippen MR) is 113 cm³/mol. The lowest BCUT2D eigenvalue weighted by atomic mass is 10.2. The second-order valence-corrected chi connectivity index (χ2v) is 7.97. The number of hydrogen-bond acceptors (Lipinski definition) is 5. The molecule has 0 N–H and O–H groups in total. The van der Waals surface area contributed by atoms with Crippen LogP contribution in [0.3, 0.4) is 0 Å². The molecular weight excluding hydrogens is 394 g/mol. The van der Waals surface area contributed by atoms with Crippen LogP contribution in [-0.4, -0.2) is 21.9 Å². The predicted octanol–water partition coefficient (Wildman–Crippen LogP) is 5.95. The van der Waals surface area contributed by atoms with Crippen molar-refractivity contribution in [2.75, 3.05) is 7.11 Å².